The maximum atomic E-state index is 12.5. The molecule has 0 aromatic heterocycles. The normalized spacial score (nSPS) is 17.2. The van der Waals surface area contributed by atoms with Crippen molar-refractivity contribution in [3.63, 3.8) is 0 Å². The molecule has 1 aromatic rings. The van der Waals surface area contributed by atoms with Crippen LogP contribution in [0.1, 0.15) is 30.4 Å². The molecule has 1 saturated heterocycles. The monoisotopic (exact) mass is 347 g/mol. The van der Waals surface area contributed by atoms with Crippen LogP contribution < -0.4 is 10.5 Å². The lowest BCUT2D eigenvalue weighted by atomic mass is 9.97. The average molecular weight is 347 g/mol. The Kier molecular flexibility index (Phi) is 6.67. The highest BCUT2D eigenvalue weighted by atomic mass is 16.5. The van der Waals surface area contributed by atoms with Gasteiger partial charge < -0.3 is 20.3 Å². The number of benzene rings is 1. The lowest BCUT2D eigenvalue weighted by Gasteiger charge is -2.33. The maximum Gasteiger partial charge on any atom is 0.314 e. The Morgan fingerprint density at radius 3 is 2.80 bits per heavy atom. The van der Waals surface area contributed by atoms with Crippen molar-refractivity contribution < 1.29 is 14.3 Å². The summed E-state index contributed by atoms with van der Waals surface area (Å²) >= 11 is 0. The number of piperidine rings is 1. The third-order valence-corrected chi connectivity index (χ3v) is 4.68. The lowest BCUT2D eigenvalue weighted by molar-refractivity contribution is -0.135. The van der Waals surface area contributed by atoms with Gasteiger partial charge in [-0.1, -0.05) is 17.7 Å². The molecule has 1 unspecified atom stereocenters. The summed E-state index contributed by atoms with van der Waals surface area (Å²) in [6.07, 6.45) is 2.40. The smallest absolute Gasteiger partial charge is 0.314 e. The topological polar surface area (TPSA) is 75.9 Å². The number of nitrogens with two attached hydrogens (primary N) is 1. The van der Waals surface area contributed by atoms with Gasteiger partial charge in [-0.25, -0.2) is 4.79 Å². The number of urea groups is 1. The van der Waals surface area contributed by atoms with E-state index in [9.17, 15) is 9.59 Å². The van der Waals surface area contributed by atoms with Crippen LogP contribution in [0.4, 0.5) is 4.79 Å². The Morgan fingerprint density at radius 2 is 2.12 bits per heavy atom. The zero-order chi connectivity index (χ0) is 18.4. The molecule has 0 radical (unpaired) electrons. The van der Waals surface area contributed by atoms with E-state index in [0.717, 1.165) is 30.6 Å². The van der Waals surface area contributed by atoms with E-state index in [1.165, 1.54) is 5.56 Å². The number of likely N-dealkylation sites (tertiary alicyclic amines) is 1. The minimum Gasteiger partial charge on any atom is -0.493 e. The summed E-state index contributed by atoms with van der Waals surface area (Å²) in [6, 6.07) is 5.67. The van der Waals surface area contributed by atoms with Gasteiger partial charge in [-0.2, -0.15) is 0 Å². The quantitative estimate of drug-likeness (QED) is 0.803. The van der Waals surface area contributed by atoms with Crippen LogP contribution in [0, 0.1) is 19.8 Å². The van der Waals surface area contributed by atoms with Crippen molar-refractivity contribution in [2.24, 2.45) is 11.7 Å². The van der Waals surface area contributed by atoms with E-state index < -0.39 is 6.03 Å². The number of ether oxygens (including phenoxy) is 1. The first-order chi connectivity index (χ1) is 11.9. The van der Waals surface area contributed by atoms with Gasteiger partial charge in [0.2, 0.25) is 5.91 Å². The van der Waals surface area contributed by atoms with E-state index in [1.807, 2.05) is 26.1 Å². The largest absolute Gasteiger partial charge is 0.493 e. The third kappa shape index (κ3) is 5.37. The number of amides is 3. The number of rotatable bonds is 6. The third-order valence-electron chi connectivity index (χ3n) is 4.68. The lowest BCUT2D eigenvalue weighted by Crippen LogP contribution is -2.47. The van der Waals surface area contributed by atoms with Crippen LogP contribution in [0.15, 0.2) is 18.2 Å². The van der Waals surface area contributed by atoms with Gasteiger partial charge in [0, 0.05) is 26.7 Å². The molecule has 1 atom stereocenters. The number of nitrogens with zero attached hydrogens (tertiary/aromatic N) is 2. The molecule has 6 heteroatoms. The number of hydrogen-bond acceptors (Lipinski definition) is 3. The zero-order valence-electron chi connectivity index (χ0n) is 15.5. The Bertz CT molecular complexity index is 618. The molecule has 1 aliphatic heterocycles. The average Bonchev–Trinajstić information content (AvgIpc) is 2.59. The molecule has 1 aromatic carbocycles. The van der Waals surface area contributed by atoms with Crippen LogP contribution in [-0.4, -0.2) is 55.0 Å². The summed E-state index contributed by atoms with van der Waals surface area (Å²) in [4.78, 5) is 27.1. The summed E-state index contributed by atoms with van der Waals surface area (Å²) in [7, 11) is 1.81. The zero-order valence-corrected chi connectivity index (χ0v) is 15.5. The number of primary amides is 1. The highest BCUT2D eigenvalue weighted by molar-refractivity contribution is 5.80. The van der Waals surface area contributed by atoms with Gasteiger partial charge in [-0.15, -0.1) is 0 Å². The molecule has 0 bridgehead atoms. The molecule has 3 amide bonds. The fraction of sp³-hybridized carbons (Fsp3) is 0.579. The van der Waals surface area contributed by atoms with Gasteiger partial charge in [0.05, 0.1) is 12.5 Å². The fourth-order valence-electron chi connectivity index (χ4n) is 3.25. The predicted molar refractivity (Wildman–Crippen MR) is 97.5 cm³/mol. The van der Waals surface area contributed by atoms with Crippen LogP contribution in [0.3, 0.4) is 0 Å². The summed E-state index contributed by atoms with van der Waals surface area (Å²) in [6.45, 7) is 6.37. The minimum atomic E-state index is -0.443. The number of carbonyl (C=O) groups is 2. The van der Waals surface area contributed by atoms with E-state index in [4.69, 9.17) is 10.5 Å². The molecule has 2 rings (SSSR count). The standard InChI is InChI=1S/C19H29N3O3/c1-14-7-8-17(15(2)12-14)25-11-5-9-21(3)18(23)16-6-4-10-22(13-16)19(20)24/h7-8,12,16H,4-6,9-11,13H2,1-3H3,(H2,20,24). The maximum absolute atomic E-state index is 12.5. The molecule has 1 aliphatic rings. The van der Waals surface area contributed by atoms with Crippen molar-refractivity contribution in [3.05, 3.63) is 29.3 Å². The summed E-state index contributed by atoms with van der Waals surface area (Å²) in [5, 5.41) is 0. The van der Waals surface area contributed by atoms with Crippen LogP contribution >= 0.6 is 0 Å². The second-order valence-corrected chi connectivity index (χ2v) is 6.85. The van der Waals surface area contributed by atoms with Crippen molar-refractivity contribution in [2.45, 2.75) is 33.1 Å². The van der Waals surface area contributed by atoms with E-state index in [-0.39, 0.29) is 11.8 Å². The molecular weight excluding hydrogens is 318 g/mol. The molecule has 1 heterocycles. The molecule has 25 heavy (non-hydrogen) atoms. The predicted octanol–water partition coefficient (Wildman–Crippen LogP) is 2.32. The summed E-state index contributed by atoms with van der Waals surface area (Å²) < 4.78 is 5.81. The van der Waals surface area contributed by atoms with Crippen molar-refractivity contribution in [1.82, 2.24) is 9.80 Å². The molecular formula is C19H29N3O3. The molecule has 1 fully saturated rings. The molecule has 138 valence electrons. The molecule has 0 saturated carbocycles. The first-order valence-corrected chi connectivity index (χ1v) is 8.88. The minimum absolute atomic E-state index is 0.0810. The van der Waals surface area contributed by atoms with E-state index in [0.29, 0.717) is 26.2 Å². The molecule has 0 aliphatic carbocycles. The fourth-order valence-corrected chi connectivity index (χ4v) is 3.25. The summed E-state index contributed by atoms with van der Waals surface area (Å²) in [5.74, 6) is 0.827. The Balaban J connectivity index is 1.75. The molecule has 0 spiro atoms. The highest BCUT2D eigenvalue weighted by Crippen LogP contribution is 2.20. The van der Waals surface area contributed by atoms with Crippen LogP contribution in [-0.2, 0) is 4.79 Å². The Morgan fingerprint density at radius 1 is 1.36 bits per heavy atom. The summed E-state index contributed by atoms with van der Waals surface area (Å²) in [5.41, 5.74) is 7.66. The van der Waals surface area contributed by atoms with Gasteiger partial charge in [0.1, 0.15) is 5.75 Å². The first-order valence-electron chi connectivity index (χ1n) is 8.88. The van der Waals surface area contributed by atoms with Gasteiger partial charge in [0.25, 0.3) is 0 Å². The Labute approximate surface area is 149 Å². The van der Waals surface area contributed by atoms with Crippen molar-refractivity contribution in [1.29, 1.82) is 0 Å². The highest BCUT2D eigenvalue weighted by Gasteiger charge is 2.29. The number of aryl methyl sites for hydroxylation is 2. The van der Waals surface area contributed by atoms with E-state index in [2.05, 4.69) is 13.0 Å². The molecule has 6 nitrogen and oxygen atoms in total. The second kappa shape index (κ2) is 8.74. The van der Waals surface area contributed by atoms with Crippen LogP contribution in [0.5, 0.6) is 5.75 Å². The number of carbonyl (C=O) groups excluding carboxylic acids is 2. The van der Waals surface area contributed by atoms with Crippen LogP contribution in [0.25, 0.3) is 0 Å². The SMILES string of the molecule is Cc1ccc(OCCCN(C)C(=O)C2CCCN(C(N)=O)C2)c(C)c1. The second-order valence-electron chi connectivity index (χ2n) is 6.85. The first kappa shape index (κ1) is 19.1. The molecule has 2 N–H and O–H groups in total. The van der Waals surface area contributed by atoms with Crippen molar-refractivity contribution >= 4 is 11.9 Å². The van der Waals surface area contributed by atoms with Gasteiger partial charge in [-0.05, 0) is 44.7 Å². The van der Waals surface area contributed by atoms with Crippen molar-refractivity contribution in [2.75, 3.05) is 33.3 Å². The van der Waals surface area contributed by atoms with E-state index in [1.54, 1.807) is 9.80 Å². The Hall–Kier alpha value is -2.24. The van der Waals surface area contributed by atoms with Crippen molar-refractivity contribution in [3.8, 4) is 5.75 Å². The van der Waals surface area contributed by atoms with Gasteiger partial charge >= 0.3 is 6.03 Å². The van der Waals surface area contributed by atoms with Crippen LogP contribution in [0.2, 0.25) is 0 Å². The van der Waals surface area contributed by atoms with Gasteiger partial charge in [-0.3, -0.25) is 4.79 Å². The number of hydrogen-bond donors (Lipinski definition) is 1. The van der Waals surface area contributed by atoms with E-state index >= 15 is 0 Å². The van der Waals surface area contributed by atoms with Gasteiger partial charge in [0.15, 0.2) is 0 Å².